The summed E-state index contributed by atoms with van der Waals surface area (Å²) in [7, 11) is 0. The number of oxazole rings is 1. The lowest BCUT2D eigenvalue weighted by molar-refractivity contribution is 0.620. The summed E-state index contributed by atoms with van der Waals surface area (Å²) < 4.78 is 5.93. The second-order valence-corrected chi connectivity index (χ2v) is 5.39. The Labute approximate surface area is 126 Å². The SMILES string of the molecule is c1ccc(-c2nc3c(ccc4c5ccccc5[nH]c43)o2)cc1. The molecule has 1 N–H and O–H groups in total. The summed E-state index contributed by atoms with van der Waals surface area (Å²) in [5.74, 6) is 0.654. The molecule has 0 radical (unpaired) electrons. The van der Waals surface area contributed by atoms with Crippen molar-refractivity contribution < 1.29 is 4.42 Å². The van der Waals surface area contributed by atoms with Crippen LogP contribution in [0.1, 0.15) is 0 Å². The molecule has 0 spiro atoms. The minimum Gasteiger partial charge on any atom is -0.436 e. The van der Waals surface area contributed by atoms with Crippen LogP contribution < -0.4 is 0 Å². The summed E-state index contributed by atoms with van der Waals surface area (Å²) in [6, 6.07) is 22.4. The summed E-state index contributed by atoms with van der Waals surface area (Å²) in [5, 5.41) is 2.39. The molecule has 0 aliphatic rings. The number of para-hydroxylation sites is 1. The maximum Gasteiger partial charge on any atom is 0.227 e. The van der Waals surface area contributed by atoms with E-state index < -0.39 is 0 Å². The van der Waals surface area contributed by atoms with Crippen molar-refractivity contribution in [2.45, 2.75) is 0 Å². The van der Waals surface area contributed by atoms with Crippen molar-refractivity contribution in [2.24, 2.45) is 0 Å². The molecule has 0 aliphatic carbocycles. The van der Waals surface area contributed by atoms with Crippen molar-refractivity contribution in [1.29, 1.82) is 0 Å². The van der Waals surface area contributed by atoms with Crippen molar-refractivity contribution in [3.63, 3.8) is 0 Å². The Kier molecular flexibility index (Phi) is 2.22. The quantitative estimate of drug-likeness (QED) is 0.463. The molecule has 3 heteroatoms. The Hall–Kier alpha value is -3.07. The average Bonchev–Trinajstić information content (AvgIpc) is 3.16. The number of aromatic amines is 1. The molecule has 0 bridgehead atoms. The van der Waals surface area contributed by atoms with Crippen LogP contribution in [0, 0.1) is 0 Å². The molecule has 0 fully saturated rings. The van der Waals surface area contributed by atoms with Gasteiger partial charge in [0.15, 0.2) is 5.58 Å². The minimum atomic E-state index is 0.654. The number of hydrogen-bond acceptors (Lipinski definition) is 2. The Bertz CT molecular complexity index is 1120. The molecule has 0 amide bonds. The van der Waals surface area contributed by atoms with E-state index in [0.29, 0.717) is 5.89 Å². The molecule has 0 saturated carbocycles. The fourth-order valence-corrected chi connectivity index (χ4v) is 3.01. The molecule has 5 rings (SSSR count). The summed E-state index contributed by atoms with van der Waals surface area (Å²) in [6.07, 6.45) is 0. The average molecular weight is 284 g/mol. The van der Waals surface area contributed by atoms with Crippen LogP contribution in [0.4, 0.5) is 0 Å². The largest absolute Gasteiger partial charge is 0.436 e. The fourth-order valence-electron chi connectivity index (χ4n) is 3.01. The zero-order chi connectivity index (χ0) is 14.5. The number of benzene rings is 3. The third-order valence-corrected chi connectivity index (χ3v) is 4.06. The van der Waals surface area contributed by atoms with Crippen LogP contribution in [0.15, 0.2) is 71.1 Å². The third-order valence-electron chi connectivity index (χ3n) is 4.06. The molecule has 3 aromatic carbocycles. The summed E-state index contributed by atoms with van der Waals surface area (Å²) in [4.78, 5) is 8.17. The highest BCUT2D eigenvalue weighted by molar-refractivity contribution is 6.15. The molecular weight excluding hydrogens is 272 g/mol. The lowest BCUT2D eigenvalue weighted by Gasteiger charge is -1.91. The maximum absolute atomic E-state index is 5.93. The van der Waals surface area contributed by atoms with Crippen molar-refractivity contribution in [1.82, 2.24) is 9.97 Å². The summed E-state index contributed by atoms with van der Waals surface area (Å²) in [6.45, 7) is 0. The zero-order valence-electron chi connectivity index (χ0n) is 11.7. The minimum absolute atomic E-state index is 0.654. The first kappa shape index (κ1) is 11.6. The van der Waals surface area contributed by atoms with Gasteiger partial charge in [-0.1, -0.05) is 36.4 Å². The van der Waals surface area contributed by atoms with Crippen LogP contribution in [-0.4, -0.2) is 9.97 Å². The molecule has 0 saturated heterocycles. The van der Waals surface area contributed by atoms with Gasteiger partial charge in [-0.3, -0.25) is 0 Å². The number of H-pyrrole nitrogens is 1. The van der Waals surface area contributed by atoms with E-state index in [1.54, 1.807) is 0 Å². The first-order chi connectivity index (χ1) is 10.9. The van der Waals surface area contributed by atoms with E-state index in [9.17, 15) is 0 Å². The van der Waals surface area contributed by atoms with E-state index in [-0.39, 0.29) is 0 Å². The van der Waals surface area contributed by atoms with E-state index >= 15 is 0 Å². The lowest BCUT2D eigenvalue weighted by atomic mass is 10.1. The van der Waals surface area contributed by atoms with E-state index in [1.807, 2.05) is 42.5 Å². The topological polar surface area (TPSA) is 41.8 Å². The number of rotatable bonds is 1. The molecule has 0 unspecified atom stereocenters. The van der Waals surface area contributed by atoms with Crippen LogP contribution >= 0.6 is 0 Å². The van der Waals surface area contributed by atoms with Crippen molar-refractivity contribution in [2.75, 3.05) is 0 Å². The second-order valence-electron chi connectivity index (χ2n) is 5.39. The van der Waals surface area contributed by atoms with Gasteiger partial charge in [-0.25, -0.2) is 4.98 Å². The van der Waals surface area contributed by atoms with Crippen molar-refractivity contribution in [3.8, 4) is 11.5 Å². The predicted octanol–water partition coefficient (Wildman–Crippen LogP) is 5.13. The molecule has 22 heavy (non-hydrogen) atoms. The Morgan fingerprint density at radius 1 is 0.773 bits per heavy atom. The van der Waals surface area contributed by atoms with Gasteiger partial charge in [-0.15, -0.1) is 0 Å². The van der Waals surface area contributed by atoms with E-state index in [2.05, 4.69) is 29.2 Å². The van der Waals surface area contributed by atoms with Gasteiger partial charge in [0.05, 0.1) is 5.52 Å². The normalized spacial score (nSPS) is 11.6. The van der Waals surface area contributed by atoms with E-state index in [1.165, 1.54) is 10.8 Å². The Balaban J connectivity index is 1.87. The van der Waals surface area contributed by atoms with Crippen LogP contribution in [-0.2, 0) is 0 Å². The van der Waals surface area contributed by atoms with Crippen LogP contribution in [0.2, 0.25) is 0 Å². The van der Waals surface area contributed by atoms with E-state index in [0.717, 1.165) is 27.7 Å². The second kappa shape index (κ2) is 4.21. The van der Waals surface area contributed by atoms with E-state index in [4.69, 9.17) is 9.40 Å². The number of hydrogen-bond donors (Lipinski definition) is 1. The standard InChI is InChI=1S/C19H12N2O/c1-2-6-12(7-3-1)19-21-18-16(22-19)11-10-14-13-8-4-5-9-15(13)20-17(14)18/h1-11,20H. The predicted molar refractivity (Wildman–Crippen MR) is 88.8 cm³/mol. The summed E-state index contributed by atoms with van der Waals surface area (Å²) in [5.41, 5.74) is 4.83. The summed E-state index contributed by atoms with van der Waals surface area (Å²) >= 11 is 0. The van der Waals surface area contributed by atoms with Gasteiger partial charge in [0, 0.05) is 21.9 Å². The Morgan fingerprint density at radius 3 is 2.50 bits per heavy atom. The van der Waals surface area contributed by atoms with Gasteiger partial charge < -0.3 is 9.40 Å². The zero-order valence-corrected chi connectivity index (χ0v) is 11.7. The maximum atomic E-state index is 5.93. The third kappa shape index (κ3) is 1.53. The molecule has 5 aromatic rings. The van der Waals surface area contributed by atoms with Crippen LogP contribution in [0.5, 0.6) is 0 Å². The van der Waals surface area contributed by atoms with Gasteiger partial charge in [0.25, 0.3) is 0 Å². The smallest absolute Gasteiger partial charge is 0.227 e. The fraction of sp³-hybridized carbons (Fsp3) is 0. The molecular formula is C19H12N2O. The molecule has 0 aliphatic heterocycles. The highest BCUT2D eigenvalue weighted by atomic mass is 16.3. The van der Waals surface area contributed by atoms with Gasteiger partial charge in [0.2, 0.25) is 5.89 Å². The molecule has 0 atom stereocenters. The van der Waals surface area contributed by atoms with Crippen LogP contribution in [0.3, 0.4) is 0 Å². The number of nitrogens with one attached hydrogen (secondary N) is 1. The molecule has 3 nitrogen and oxygen atoms in total. The number of aromatic nitrogens is 2. The number of nitrogens with zero attached hydrogens (tertiary/aromatic N) is 1. The van der Waals surface area contributed by atoms with Crippen molar-refractivity contribution in [3.05, 3.63) is 66.7 Å². The number of fused-ring (bicyclic) bond motifs is 5. The first-order valence-electron chi connectivity index (χ1n) is 7.25. The van der Waals surface area contributed by atoms with Crippen LogP contribution in [0.25, 0.3) is 44.4 Å². The van der Waals surface area contributed by atoms with Gasteiger partial charge in [-0.05, 0) is 30.3 Å². The monoisotopic (exact) mass is 284 g/mol. The Morgan fingerprint density at radius 2 is 1.59 bits per heavy atom. The van der Waals surface area contributed by atoms with Crippen molar-refractivity contribution >= 4 is 32.9 Å². The molecule has 2 heterocycles. The molecule has 2 aromatic heterocycles. The lowest BCUT2D eigenvalue weighted by Crippen LogP contribution is -1.76. The first-order valence-corrected chi connectivity index (χ1v) is 7.25. The molecule has 104 valence electrons. The van der Waals surface area contributed by atoms with Gasteiger partial charge in [0.1, 0.15) is 5.52 Å². The van der Waals surface area contributed by atoms with Gasteiger partial charge in [-0.2, -0.15) is 0 Å². The van der Waals surface area contributed by atoms with Gasteiger partial charge >= 0.3 is 0 Å². The highest BCUT2D eigenvalue weighted by Gasteiger charge is 2.13. The highest BCUT2D eigenvalue weighted by Crippen LogP contribution is 2.33.